The summed E-state index contributed by atoms with van der Waals surface area (Å²) < 4.78 is 0. The number of rotatable bonds is 13. The molecule has 0 N–H and O–H groups in total. The Hall–Kier alpha value is -6.76. The van der Waals surface area contributed by atoms with Gasteiger partial charge in [0.1, 0.15) is 0 Å². The van der Waals surface area contributed by atoms with Gasteiger partial charge in [0.25, 0.3) is 0 Å². The van der Waals surface area contributed by atoms with Gasteiger partial charge in [-0.05, 0) is 111 Å². The first kappa shape index (κ1) is 45.8. The van der Waals surface area contributed by atoms with Crippen LogP contribution in [0, 0.1) is 13.8 Å². The second kappa shape index (κ2) is 23.5. The van der Waals surface area contributed by atoms with Crippen LogP contribution in [0.4, 0.5) is 0 Å². The maximum atomic E-state index is 4.33. The van der Waals surface area contributed by atoms with Crippen molar-refractivity contribution in [2.24, 2.45) is 0 Å². The van der Waals surface area contributed by atoms with Crippen LogP contribution < -0.4 is 10.4 Å². The molecule has 1 aliphatic rings. The Morgan fingerprint density at radius 1 is 0.603 bits per heavy atom. The monoisotopic (exact) mass is 821 g/mol. The van der Waals surface area contributed by atoms with Gasteiger partial charge in [-0.15, -0.1) is 13.2 Å². The third-order valence-electron chi connectivity index (χ3n) is 11.8. The molecule has 0 heteroatoms. The molecule has 0 bridgehead atoms. The molecule has 2 unspecified atom stereocenters. The van der Waals surface area contributed by atoms with Gasteiger partial charge in [-0.3, -0.25) is 0 Å². The first-order valence-corrected chi connectivity index (χ1v) is 22.6. The average molecular weight is 821 g/mol. The van der Waals surface area contributed by atoms with E-state index in [9.17, 15) is 0 Å². The molecule has 0 amide bonds. The number of hydrogen-bond acceptors (Lipinski definition) is 0. The normalized spacial score (nSPS) is 13.2. The fraction of sp³-hybridized carbons (Fsp3) is 0.175. The van der Waals surface area contributed by atoms with Crippen molar-refractivity contribution < 1.29 is 0 Å². The Kier molecular flexibility index (Phi) is 17.0. The predicted molar refractivity (Wildman–Crippen MR) is 277 cm³/mol. The van der Waals surface area contributed by atoms with Crippen molar-refractivity contribution in [3.8, 4) is 11.1 Å². The van der Waals surface area contributed by atoms with Crippen LogP contribution in [0.15, 0.2) is 226 Å². The zero-order chi connectivity index (χ0) is 44.4. The van der Waals surface area contributed by atoms with Gasteiger partial charge in [-0.1, -0.05) is 244 Å². The number of hydrogen-bond donors (Lipinski definition) is 0. The summed E-state index contributed by atoms with van der Waals surface area (Å²) in [4.78, 5) is 0. The lowest BCUT2D eigenvalue weighted by Gasteiger charge is -2.23. The standard InChI is InChI=1S/C47H40.C10H12.C6H12/c1-4-42(43-18-10-8-13-34(43)3)46(39-23-21-33(2)22-24-39)40-29-25-35(26-30-40)36-27-31-41(32-28-36)47(38-15-6-5-7-16-38)45-20-12-17-37-14-9-11-19-44(37)45;1-3-4-10-7-5-9(2)6-8-10;1-3-5-6-4-2/h4,6,8-32,46-47H,1,3,5,7H2,2H3;3,5-8H,1,4H2,2H3;3H,1,4-6H2,2H3/b43-42+;;. The molecule has 0 spiro atoms. The van der Waals surface area contributed by atoms with Crippen LogP contribution in [-0.4, -0.2) is 0 Å². The maximum absolute atomic E-state index is 4.33. The van der Waals surface area contributed by atoms with Gasteiger partial charge in [-0.25, -0.2) is 0 Å². The van der Waals surface area contributed by atoms with Crippen molar-refractivity contribution >= 4 is 22.9 Å². The largest absolute Gasteiger partial charge is 0.103 e. The summed E-state index contributed by atoms with van der Waals surface area (Å²) in [7, 11) is 0. The molecule has 0 saturated heterocycles. The van der Waals surface area contributed by atoms with Crippen LogP contribution in [0.2, 0.25) is 0 Å². The van der Waals surface area contributed by atoms with E-state index in [-0.39, 0.29) is 11.8 Å². The summed E-state index contributed by atoms with van der Waals surface area (Å²) >= 11 is 0. The van der Waals surface area contributed by atoms with E-state index in [1.165, 1.54) is 91.3 Å². The molecule has 316 valence electrons. The fourth-order valence-corrected chi connectivity index (χ4v) is 8.37. The summed E-state index contributed by atoms with van der Waals surface area (Å²) in [5, 5.41) is 4.75. The van der Waals surface area contributed by atoms with Gasteiger partial charge >= 0.3 is 0 Å². The number of unbranched alkanes of at least 4 members (excludes halogenated alkanes) is 2. The number of fused-ring (bicyclic) bond motifs is 1. The van der Waals surface area contributed by atoms with Crippen molar-refractivity contribution in [3.63, 3.8) is 0 Å². The smallest absolute Gasteiger partial charge is 0.0345 e. The zero-order valence-corrected chi connectivity index (χ0v) is 37.8. The van der Waals surface area contributed by atoms with Crippen molar-refractivity contribution in [1.29, 1.82) is 0 Å². The second-order valence-electron chi connectivity index (χ2n) is 16.5. The number of aryl methyl sites for hydroxylation is 2. The van der Waals surface area contributed by atoms with Crippen molar-refractivity contribution in [2.75, 3.05) is 0 Å². The summed E-state index contributed by atoms with van der Waals surface area (Å²) in [6, 6.07) is 59.5. The van der Waals surface area contributed by atoms with E-state index >= 15 is 0 Å². The molecule has 0 aliphatic heterocycles. The Balaban J connectivity index is 0.000000349. The molecule has 0 saturated carbocycles. The molecule has 0 heterocycles. The van der Waals surface area contributed by atoms with E-state index < -0.39 is 0 Å². The van der Waals surface area contributed by atoms with Crippen molar-refractivity contribution in [3.05, 3.63) is 275 Å². The molecule has 63 heavy (non-hydrogen) atoms. The molecule has 7 aromatic carbocycles. The van der Waals surface area contributed by atoms with E-state index in [2.05, 4.69) is 223 Å². The highest BCUT2D eigenvalue weighted by molar-refractivity contribution is 5.87. The first-order chi connectivity index (χ1) is 30.8. The number of allylic oxidation sites excluding steroid dienone is 7. The Bertz CT molecular complexity index is 2730. The molecule has 7 aromatic rings. The highest BCUT2D eigenvalue weighted by atomic mass is 14.3. The van der Waals surface area contributed by atoms with Gasteiger partial charge in [-0.2, -0.15) is 0 Å². The predicted octanol–water partition coefficient (Wildman–Crippen LogP) is 15.9. The van der Waals surface area contributed by atoms with Gasteiger partial charge in [0.15, 0.2) is 0 Å². The zero-order valence-electron chi connectivity index (χ0n) is 37.8. The highest BCUT2D eigenvalue weighted by Gasteiger charge is 2.22. The first-order valence-electron chi connectivity index (χ1n) is 22.6. The molecule has 0 radical (unpaired) electrons. The number of benzene rings is 7. The average Bonchev–Trinajstić information content (AvgIpc) is 3.33. The lowest BCUT2D eigenvalue weighted by atomic mass is 9.80. The Labute approximate surface area is 378 Å². The van der Waals surface area contributed by atoms with Crippen LogP contribution in [0.3, 0.4) is 0 Å². The lowest BCUT2D eigenvalue weighted by molar-refractivity contribution is 0.816. The van der Waals surface area contributed by atoms with Gasteiger partial charge in [0.2, 0.25) is 0 Å². The summed E-state index contributed by atoms with van der Waals surface area (Å²) in [6.07, 6.45) is 19.9. The van der Waals surface area contributed by atoms with Crippen molar-refractivity contribution in [2.45, 2.75) is 71.1 Å². The summed E-state index contributed by atoms with van der Waals surface area (Å²) in [6.45, 7) is 22.3. The topological polar surface area (TPSA) is 0 Å². The molecule has 0 aromatic heterocycles. The molecule has 0 fully saturated rings. The second-order valence-corrected chi connectivity index (χ2v) is 16.5. The van der Waals surface area contributed by atoms with Crippen molar-refractivity contribution in [1.82, 2.24) is 0 Å². The third-order valence-corrected chi connectivity index (χ3v) is 11.8. The van der Waals surface area contributed by atoms with E-state index in [1.54, 1.807) is 0 Å². The summed E-state index contributed by atoms with van der Waals surface area (Å²) in [5.74, 6) is 0.235. The van der Waals surface area contributed by atoms with Crippen LogP contribution in [0.25, 0.3) is 34.1 Å². The Morgan fingerprint density at radius 2 is 1.19 bits per heavy atom. The van der Waals surface area contributed by atoms with Gasteiger partial charge in [0, 0.05) is 11.8 Å². The van der Waals surface area contributed by atoms with Crippen LogP contribution >= 0.6 is 0 Å². The van der Waals surface area contributed by atoms with E-state index in [4.69, 9.17) is 0 Å². The molecular formula is C63H64. The van der Waals surface area contributed by atoms with E-state index in [1.807, 2.05) is 24.3 Å². The molecule has 1 aliphatic carbocycles. The molecular weight excluding hydrogens is 757 g/mol. The molecule has 0 nitrogen and oxygen atoms in total. The highest BCUT2D eigenvalue weighted by Crippen LogP contribution is 2.39. The van der Waals surface area contributed by atoms with E-state index in [0.29, 0.717) is 0 Å². The fourth-order valence-electron chi connectivity index (χ4n) is 8.37. The van der Waals surface area contributed by atoms with Gasteiger partial charge < -0.3 is 0 Å². The van der Waals surface area contributed by atoms with Crippen LogP contribution in [-0.2, 0) is 6.42 Å². The van der Waals surface area contributed by atoms with E-state index in [0.717, 1.165) is 29.7 Å². The minimum Gasteiger partial charge on any atom is -0.103 e. The summed E-state index contributed by atoms with van der Waals surface area (Å²) in [5.41, 5.74) is 14.0. The van der Waals surface area contributed by atoms with Crippen LogP contribution in [0.1, 0.15) is 89.8 Å². The lowest BCUT2D eigenvalue weighted by Crippen LogP contribution is -2.27. The maximum Gasteiger partial charge on any atom is 0.0345 e. The SMILES string of the molecule is C=C/C(=c1/ccccc1=C)C(c1ccc(C)cc1)c1ccc(-c2ccc(C(C3=CCCC=C3)c3cccc4ccccc34)cc2)cc1.C=CCCCC.C=CCc1ccc(C)cc1. The minimum absolute atomic E-state index is 0.0469. The van der Waals surface area contributed by atoms with Crippen LogP contribution in [0.5, 0.6) is 0 Å². The third kappa shape index (κ3) is 12.2. The Morgan fingerprint density at radius 3 is 1.76 bits per heavy atom. The van der Waals surface area contributed by atoms with Gasteiger partial charge in [0.05, 0.1) is 0 Å². The quantitative estimate of drug-likeness (QED) is 0.0803. The molecule has 2 atom stereocenters. The minimum atomic E-state index is 0.0469. The molecule has 8 rings (SSSR count).